The first-order valence-electron chi connectivity index (χ1n) is 8.74. The third-order valence-electron chi connectivity index (χ3n) is 6.14. The molecule has 0 bridgehead atoms. The lowest BCUT2D eigenvalue weighted by molar-refractivity contribution is -0.139. The normalized spacial score (nSPS) is 39.4. The van der Waals surface area contributed by atoms with Crippen LogP contribution in [0.5, 0.6) is 0 Å². The van der Waals surface area contributed by atoms with E-state index in [4.69, 9.17) is 5.73 Å². The molecule has 0 spiro atoms. The van der Waals surface area contributed by atoms with Gasteiger partial charge in [0.05, 0.1) is 5.92 Å². The monoisotopic (exact) mass is 278 g/mol. The van der Waals surface area contributed by atoms with E-state index in [-0.39, 0.29) is 12.0 Å². The number of likely N-dealkylation sites (tertiary alicyclic amines) is 1. The summed E-state index contributed by atoms with van der Waals surface area (Å²) in [5.74, 6) is 1.77. The number of hydrogen-bond acceptors (Lipinski definition) is 2. The standard InChI is InChI=1S/C17H30N2O/c1-12-6-4-9-14(16(12)18)17(20)19-11-5-10-15(19)13-7-2-3-8-13/h12-16H,2-11,18H2,1H3. The van der Waals surface area contributed by atoms with Gasteiger partial charge in [-0.05, 0) is 50.4 Å². The summed E-state index contributed by atoms with van der Waals surface area (Å²) in [6.45, 7) is 3.19. The van der Waals surface area contributed by atoms with E-state index >= 15 is 0 Å². The second-order valence-corrected chi connectivity index (χ2v) is 7.38. The zero-order valence-corrected chi connectivity index (χ0v) is 12.9. The van der Waals surface area contributed by atoms with E-state index in [9.17, 15) is 4.79 Å². The first-order valence-corrected chi connectivity index (χ1v) is 8.74. The first-order chi connectivity index (χ1) is 9.68. The van der Waals surface area contributed by atoms with Gasteiger partial charge >= 0.3 is 0 Å². The van der Waals surface area contributed by atoms with Crippen LogP contribution in [-0.2, 0) is 4.79 Å². The molecule has 4 atom stereocenters. The van der Waals surface area contributed by atoms with Gasteiger partial charge in [0, 0.05) is 18.6 Å². The van der Waals surface area contributed by atoms with E-state index in [1.807, 2.05) is 0 Å². The van der Waals surface area contributed by atoms with Gasteiger partial charge in [-0.3, -0.25) is 4.79 Å². The first kappa shape index (κ1) is 14.4. The number of carbonyl (C=O) groups excluding carboxylic acids is 1. The highest BCUT2D eigenvalue weighted by molar-refractivity contribution is 5.80. The SMILES string of the molecule is CC1CCCC(C(=O)N2CCCC2C2CCCC2)C1N. The van der Waals surface area contributed by atoms with Crippen molar-refractivity contribution < 1.29 is 4.79 Å². The molecule has 1 saturated heterocycles. The highest BCUT2D eigenvalue weighted by Crippen LogP contribution is 2.37. The Morgan fingerprint density at radius 3 is 2.50 bits per heavy atom. The Bertz CT molecular complexity index is 351. The summed E-state index contributed by atoms with van der Waals surface area (Å²) in [5.41, 5.74) is 6.34. The van der Waals surface area contributed by atoms with Gasteiger partial charge in [0.2, 0.25) is 5.91 Å². The topological polar surface area (TPSA) is 46.3 Å². The molecule has 0 aromatic rings. The van der Waals surface area contributed by atoms with Crippen LogP contribution in [0.15, 0.2) is 0 Å². The van der Waals surface area contributed by atoms with Crippen molar-refractivity contribution in [1.82, 2.24) is 4.90 Å². The van der Waals surface area contributed by atoms with Crippen molar-refractivity contribution in [3.63, 3.8) is 0 Å². The van der Waals surface area contributed by atoms with Gasteiger partial charge in [0.15, 0.2) is 0 Å². The highest BCUT2D eigenvalue weighted by Gasteiger charge is 2.41. The number of amides is 1. The molecule has 2 saturated carbocycles. The van der Waals surface area contributed by atoms with Gasteiger partial charge in [0.1, 0.15) is 0 Å². The van der Waals surface area contributed by atoms with Crippen molar-refractivity contribution in [3.05, 3.63) is 0 Å². The molecule has 0 aromatic heterocycles. The second kappa shape index (κ2) is 6.05. The predicted molar refractivity (Wildman–Crippen MR) is 81.2 cm³/mol. The Morgan fingerprint density at radius 1 is 1.00 bits per heavy atom. The average Bonchev–Trinajstić information content (AvgIpc) is 3.10. The average molecular weight is 278 g/mol. The third-order valence-corrected chi connectivity index (χ3v) is 6.14. The fourth-order valence-electron chi connectivity index (χ4n) is 4.84. The van der Waals surface area contributed by atoms with E-state index in [0.29, 0.717) is 17.9 Å². The molecule has 1 amide bonds. The number of nitrogens with zero attached hydrogens (tertiary/aromatic N) is 1. The van der Waals surface area contributed by atoms with Crippen LogP contribution in [0.1, 0.15) is 64.7 Å². The number of rotatable bonds is 2. The van der Waals surface area contributed by atoms with Gasteiger partial charge in [-0.25, -0.2) is 0 Å². The van der Waals surface area contributed by atoms with Crippen LogP contribution in [-0.4, -0.2) is 29.4 Å². The summed E-state index contributed by atoms with van der Waals surface area (Å²) in [6, 6.07) is 0.621. The summed E-state index contributed by atoms with van der Waals surface area (Å²) < 4.78 is 0. The van der Waals surface area contributed by atoms with Crippen LogP contribution < -0.4 is 5.73 Å². The molecule has 3 heteroatoms. The Labute approximate surface area is 123 Å². The molecular formula is C17H30N2O. The molecule has 0 aromatic carbocycles. The molecule has 3 rings (SSSR count). The molecule has 2 N–H and O–H groups in total. The zero-order chi connectivity index (χ0) is 14.1. The Hall–Kier alpha value is -0.570. The quantitative estimate of drug-likeness (QED) is 0.844. The van der Waals surface area contributed by atoms with E-state index in [2.05, 4.69) is 11.8 Å². The van der Waals surface area contributed by atoms with E-state index < -0.39 is 0 Å². The van der Waals surface area contributed by atoms with Gasteiger partial charge in [-0.1, -0.05) is 26.2 Å². The largest absolute Gasteiger partial charge is 0.339 e. The number of hydrogen-bond donors (Lipinski definition) is 1. The second-order valence-electron chi connectivity index (χ2n) is 7.38. The highest BCUT2D eigenvalue weighted by atomic mass is 16.2. The minimum Gasteiger partial charge on any atom is -0.339 e. The van der Waals surface area contributed by atoms with Crippen molar-refractivity contribution in [2.75, 3.05) is 6.54 Å². The van der Waals surface area contributed by atoms with E-state index in [0.717, 1.165) is 18.9 Å². The maximum absolute atomic E-state index is 13.0. The lowest BCUT2D eigenvalue weighted by Gasteiger charge is -2.38. The molecule has 3 fully saturated rings. The maximum Gasteiger partial charge on any atom is 0.227 e. The summed E-state index contributed by atoms with van der Waals surface area (Å²) in [4.78, 5) is 15.2. The van der Waals surface area contributed by atoms with Gasteiger partial charge in [-0.15, -0.1) is 0 Å². The number of nitrogens with two attached hydrogens (primary N) is 1. The van der Waals surface area contributed by atoms with Gasteiger partial charge < -0.3 is 10.6 Å². The van der Waals surface area contributed by atoms with Crippen LogP contribution in [0.4, 0.5) is 0 Å². The minimum absolute atomic E-state index is 0.0843. The van der Waals surface area contributed by atoms with Gasteiger partial charge in [0.25, 0.3) is 0 Å². The van der Waals surface area contributed by atoms with Crippen molar-refractivity contribution in [3.8, 4) is 0 Å². The summed E-state index contributed by atoms with van der Waals surface area (Å²) in [7, 11) is 0. The van der Waals surface area contributed by atoms with E-state index in [1.165, 1.54) is 51.4 Å². The summed E-state index contributed by atoms with van der Waals surface area (Å²) in [6.07, 6.45) is 11.2. The summed E-state index contributed by atoms with van der Waals surface area (Å²) >= 11 is 0. The molecular weight excluding hydrogens is 248 g/mol. The third kappa shape index (κ3) is 2.61. The predicted octanol–water partition coefficient (Wildman–Crippen LogP) is 2.93. The molecule has 1 heterocycles. The zero-order valence-electron chi connectivity index (χ0n) is 12.9. The van der Waals surface area contributed by atoms with Crippen LogP contribution in [0.25, 0.3) is 0 Å². The molecule has 114 valence electrons. The van der Waals surface area contributed by atoms with Gasteiger partial charge in [-0.2, -0.15) is 0 Å². The van der Waals surface area contributed by atoms with E-state index in [1.54, 1.807) is 0 Å². The lowest BCUT2D eigenvalue weighted by atomic mass is 9.77. The Kier molecular flexibility index (Phi) is 4.34. The molecule has 4 unspecified atom stereocenters. The van der Waals surface area contributed by atoms with Crippen molar-refractivity contribution in [2.45, 2.75) is 76.8 Å². The van der Waals surface area contributed by atoms with Crippen LogP contribution in [0.3, 0.4) is 0 Å². The molecule has 0 radical (unpaired) electrons. The van der Waals surface area contributed by atoms with Crippen LogP contribution >= 0.6 is 0 Å². The lowest BCUT2D eigenvalue weighted by Crippen LogP contribution is -2.51. The molecule has 20 heavy (non-hydrogen) atoms. The van der Waals surface area contributed by atoms with Crippen LogP contribution in [0, 0.1) is 17.8 Å². The Morgan fingerprint density at radius 2 is 1.75 bits per heavy atom. The van der Waals surface area contributed by atoms with Crippen molar-refractivity contribution >= 4 is 5.91 Å². The maximum atomic E-state index is 13.0. The van der Waals surface area contributed by atoms with Crippen LogP contribution in [0.2, 0.25) is 0 Å². The minimum atomic E-state index is 0.0843. The molecule has 2 aliphatic carbocycles. The number of carbonyl (C=O) groups is 1. The molecule has 3 nitrogen and oxygen atoms in total. The Balaban J connectivity index is 1.68. The summed E-state index contributed by atoms with van der Waals surface area (Å²) in [5, 5.41) is 0. The fourth-order valence-corrected chi connectivity index (χ4v) is 4.84. The fraction of sp³-hybridized carbons (Fsp3) is 0.941. The van der Waals surface area contributed by atoms with Crippen molar-refractivity contribution in [2.24, 2.45) is 23.5 Å². The molecule has 3 aliphatic rings. The smallest absolute Gasteiger partial charge is 0.227 e. The molecule has 1 aliphatic heterocycles. The van der Waals surface area contributed by atoms with Crippen molar-refractivity contribution in [1.29, 1.82) is 0 Å².